The van der Waals surface area contributed by atoms with Crippen molar-refractivity contribution >= 4 is 34.0 Å². The van der Waals surface area contributed by atoms with Crippen LogP contribution < -0.4 is 5.32 Å². The molecule has 2 aromatic heterocycles. The lowest BCUT2D eigenvalue weighted by Crippen LogP contribution is -2.26. The van der Waals surface area contributed by atoms with Gasteiger partial charge in [-0.15, -0.1) is 28.1 Å². The first-order valence-electron chi connectivity index (χ1n) is 11.8. The van der Waals surface area contributed by atoms with Gasteiger partial charge in [-0.3, -0.25) is 9.36 Å². The molecule has 3 aromatic rings. The molecule has 35 heavy (non-hydrogen) atoms. The molecule has 1 atom stereocenters. The van der Waals surface area contributed by atoms with Gasteiger partial charge in [0.25, 0.3) is 0 Å². The van der Waals surface area contributed by atoms with Gasteiger partial charge in [-0.05, 0) is 43.1 Å². The van der Waals surface area contributed by atoms with Gasteiger partial charge in [0.2, 0.25) is 5.91 Å². The van der Waals surface area contributed by atoms with Crippen molar-refractivity contribution in [2.75, 3.05) is 11.1 Å². The van der Waals surface area contributed by atoms with Crippen LogP contribution in [0, 0.1) is 29.6 Å². The molecule has 0 saturated carbocycles. The Morgan fingerprint density at radius 2 is 2.09 bits per heavy atom. The lowest BCUT2D eigenvalue weighted by atomic mass is 9.72. The Bertz CT molecular complexity index is 1270. The Morgan fingerprint density at radius 3 is 2.74 bits per heavy atom. The second-order valence-corrected chi connectivity index (χ2v) is 12.1. The number of carbonyl (C=O) groups is 1. The van der Waals surface area contributed by atoms with Crippen molar-refractivity contribution in [2.45, 2.75) is 58.7 Å². The number of thiophene rings is 1. The number of hydrogen-bond donors (Lipinski definition) is 1. The highest BCUT2D eigenvalue weighted by molar-refractivity contribution is 7.99. The van der Waals surface area contributed by atoms with Crippen molar-refractivity contribution in [3.05, 3.63) is 58.5 Å². The van der Waals surface area contributed by atoms with Crippen LogP contribution in [0.25, 0.3) is 11.4 Å². The van der Waals surface area contributed by atoms with Crippen molar-refractivity contribution in [3.8, 4) is 17.5 Å². The lowest BCUT2D eigenvalue weighted by Gasteiger charge is -2.33. The monoisotopic (exact) mass is 505 g/mol. The van der Waals surface area contributed by atoms with Crippen LogP contribution in [0.15, 0.2) is 42.1 Å². The number of rotatable bonds is 7. The maximum atomic E-state index is 12.9. The summed E-state index contributed by atoms with van der Waals surface area (Å²) in [4.78, 5) is 14.1. The molecule has 4 rings (SSSR count). The third-order valence-electron chi connectivity index (χ3n) is 6.53. The molecule has 182 valence electrons. The number of nitrogens with one attached hydrogen (secondary N) is 1. The van der Waals surface area contributed by atoms with E-state index in [1.54, 1.807) is 17.4 Å². The molecule has 8 heteroatoms. The summed E-state index contributed by atoms with van der Waals surface area (Å²) in [6.07, 6.45) is 4.74. The average molecular weight is 506 g/mol. The van der Waals surface area contributed by atoms with Gasteiger partial charge in [0.1, 0.15) is 11.1 Å². The Balaban J connectivity index is 1.47. The molecule has 0 fully saturated rings. The summed E-state index contributed by atoms with van der Waals surface area (Å²) in [7, 11) is 0. The molecular weight excluding hydrogens is 474 g/mol. The standard InChI is InChI=1S/C27H31N5OS2/c1-6-13-32-24(18-9-7-17(2)8-10-18)30-31-26(32)34-16-23(33)29-25-21(15-28)20-12-11-19(27(3,4)5)14-22(20)35-25/h6-10,19H,1,11-14,16H2,2-5H3,(H,29,33)/t19-/m0/s1. The zero-order chi connectivity index (χ0) is 25.2. The van der Waals surface area contributed by atoms with Crippen molar-refractivity contribution < 1.29 is 4.79 Å². The quantitative estimate of drug-likeness (QED) is 0.303. The van der Waals surface area contributed by atoms with E-state index in [0.717, 1.165) is 36.2 Å². The highest BCUT2D eigenvalue weighted by atomic mass is 32.2. The van der Waals surface area contributed by atoms with E-state index in [2.05, 4.69) is 48.9 Å². The number of fused-ring (bicyclic) bond motifs is 1. The van der Waals surface area contributed by atoms with E-state index in [0.29, 0.717) is 28.2 Å². The summed E-state index contributed by atoms with van der Waals surface area (Å²) in [5.41, 5.74) is 4.13. The van der Waals surface area contributed by atoms with E-state index in [4.69, 9.17) is 0 Å². The molecule has 0 radical (unpaired) electrons. The van der Waals surface area contributed by atoms with Crippen LogP contribution in [0.3, 0.4) is 0 Å². The predicted octanol–water partition coefficient (Wildman–Crippen LogP) is 6.25. The van der Waals surface area contributed by atoms with Gasteiger partial charge in [0.15, 0.2) is 11.0 Å². The van der Waals surface area contributed by atoms with Gasteiger partial charge in [0.05, 0.1) is 11.3 Å². The largest absolute Gasteiger partial charge is 0.316 e. The maximum absolute atomic E-state index is 12.9. The molecule has 1 amide bonds. The minimum Gasteiger partial charge on any atom is -0.316 e. The number of carbonyl (C=O) groups excluding carboxylic acids is 1. The average Bonchev–Trinajstić information content (AvgIpc) is 3.37. The maximum Gasteiger partial charge on any atom is 0.235 e. The molecule has 0 saturated heterocycles. The fraction of sp³-hybridized carbons (Fsp3) is 0.407. The summed E-state index contributed by atoms with van der Waals surface area (Å²) >= 11 is 2.90. The molecule has 1 aliphatic rings. The van der Waals surface area contributed by atoms with Crippen molar-refractivity contribution in [2.24, 2.45) is 11.3 Å². The number of nitrogens with zero attached hydrogens (tertiary/aromatic N) is 4. The molecule has 2 heterocycles. The molecule has 0 aliphatic heterocycles. The fourth-order valence-electron chi connectivity index (χ4n) is 4.43. The van der Waals surface area contributed by atoms with Gasteiger partial charge in [-0.1, -0.05) is 68.4 Å². The normalized spacial score (nSPS) is 15.3. The third-order valence-corrected chi connectivity index (χ3v) is 8.66. The van der Waals surface area contributed by atoms with Crippen LogP contribution in [0.1, 0.15) is 48.8 Å². The third kappa shape index (κ3) is 5.52. The minimum atomic E-state index is -0.150. The predicted molar refractivity (Wildman–Crippen MR) is 144 cm³/mol. The zero-order valence-corrected chi connectivity index (χ0v) is 22.4. The Labute approximate surface area is 215 Å². The summed E-state index contributed by atoms with van der Waals surface area (Å²) in [5.74, 6) is 1.36. The number of thioether (sulfide) groups is 1. The van der Waals surface area contributed by atoms with E-state index in [1.807, 2.05) is 35.8 Å². The van der Waals surface area contributed by atoms with Crippen molar-refractivity contribution in [1.29, 1.82) is 5.26 Å². The second kappa shape index (κ2) is 10.4. The van der Waals surface area contributed by atoms with E-state index in [9.17, 15) is 10.1 Å². The highest BCUT2D eigenvalue weighted by Gasteiger charge is 2.32. The summed E-state index contributed by atoms with van der Waals surface area (Å²) in [6.45, 7) is 13.3. The SMILES string of the molecule is C=CCn1c(SCC(=O)Nc2sc3c(c2C#N)CC[C@H](C(C)(C)C)C3)nnc1-c1ccc(C)cc1. The lowest BCUT2D eigenvalue weighted by molar-refractivity contribution is -0.113. The van der Waals surface area contributed by atoms with Crippen molar-refractivity contribution in [1.82, 2.24) is 14.8 Å². The van der Waals surface area contributed by atoms with Crippen LogP contribution in [-0.2, 0) is 24.2 Å². The van der Waals surface area contributed by atoms with Gasteiger partial charge < -0.3 is 5.32 Å². The number of nitriles is 1. The van der Waals surface area contributed by atoms with Crippen LogP contribution in [0.2, 0.25) is 0 Å². The first kappa shape index (κ1) is 25.2. The molecule has 0 bridgehead atoms. The number of aryl methyl sites for hydroxylation is 1. The molecule has 0 unspecified atom stereocenters. The number of anilines is 1. The Morgan fingerprint density at radius 1 is 1.34 bits per heavy atom. The number of hydrogen-bond acceptors (Lipinski definition) is 6. The highest BCUT2D eigenvalue weighted by Crippen LogP contribution is 2.44. The molecule has 1 aromatic carbocycles. The summed E-state index contributed by atoms with van der Waals surface area (Å²) < 4.78 is 1.97. The molecule has 6 nitrogen and oxygen atoms in total. The molecule has 1 aliphatic carbocycles. The second-order valence-electron chi connectivity index (χ2n) is 10.0. The topological polar surface area (TPSA) is 83.6 Å². The van der Waals surface area contributed by atoms with E-state index in [-0.39, 0.29) is 17.1 Å². The van der Waals surface area contributed by atoms with E-state index in [1.165, 1.54) is 22.2 Å². The number of benzene rings is 1. The summed E-state index contributed by atoms with van der Waals surface area (Å²) in [5, 5.41) is 22.8. The van der Waals surface area contributed by atoms with Crippen LogP contribution in [-0.4, -0.2) is 26.4 Å². The first-order chi connectivity index (χ1) is 16.7. The molecule has 1 N–H and O–H groups in total. The van der Waals surface area contributed by atoms with E-state index < -0.39 is 0 Å². The van der Waals surface area contributed by atoms with E-state index >= 15 is 0 Å². The minimum absolute atomic E-state index is 0.150. The van der Waals surface area contributed by atoms with Gasteiger partial charge in [0, 0.05) is 17.0 Å². The van der Waals surface area contributed by atoms with Crippen molar-refractivity contribution in [3.63, 3.8) is 0 Å². The molecular formula is C27H31N5OS2. The van der Waals surface area contributed by atoms with Gasteiger partial charge >= 0.3 is 0 Å². The fourth-order valence-corrected chi connectivity index (χ4v) is 6.47. The van der Waals surface area contributed by atoms with Crippen LogP contribution in [0.5, 0.6) is 0 Å². The zero-order valence-electron chi connectivity index (χ0n) is 20.7. The molecule has 0 spiro atoms. The number of amides is 1. The van der Waals surface area contributed by atoms with Crippen LogP contribution >= 0.6 is 23.1 Å². The Hall–Kier alpha value is -2.89. The smallest absolute Gasteiger partial charge is 0.235 e. The number of aromatic nitrogens is 3. The van der Waals surface area contributed by atoms with Gasteiger partial charge in [-0.2, -0.15) is 5.26 Å². The first-order valence-corrected chi connectivity index (χ1v) is 13.6. The van der Waals surface area contributed by atoms with Crippen LogP contribution in [0.4, 0.5) is 5.00 Å². The van der Waals surface area contributed by atoms with Gasteiger partial charge in [-0.25, -0.2) is 0 Å². The number of allylic oxidation sites excluding steroid dienone is 1. The Kier molecular flexibility index (Phi) is 7.48. The summed E-state index contributed by atoms with van der Waals surface area (Å²) in [6, 6.07) is 10.5.